The summed E-state index contributed by atoms with van der Waals surface area (Å²) in [5.41, 5.74) is -1.23. The molecule has 1 aliphatic heterocycles. The third-order valence-electron chi connectivity index (χ3n) is 3.51. The van der Waals surface area contributed by atoms with Gasteiger partial charge in [-0.15, -0.1) is 22.5 Å². The Morgan fingerprint density at radius 1 is 0.893 bits per heavy atom. The zero-order chi connectivity index (χ0) is 20.7. The number of benzene rings is 2. The van der Waals surface area contributed by atoms with E-state index in [1.165, 1.54) is 24.3 Å². The molecule has 0 unspecified atom stereocenters. The topological polar surface area (TPSA) is 107 Å². The maximum Gasteiger partial charge on any atom is 0.575 e. The van der Waals surface area contributed by atoms with Crippen LogP contribution < -0.4 is 0 Å². The zero-order valence-electron chi connectivity index (χ0n) is 13.5. The van der Waals surface area contributed by atoms with E-state index >= 15 is 0 Å². The van der Waals surface area contributed by atoms with Crippen LogP contribution in [0.1, 0.15) is 31.1 Å². The molecule has 0 saturated carbocycles. The van der Waals surface area contributed by atoms with Crippen molar-refractivity contribution in [1.82, 2.24) is 5.06 Å². The number of fused-ring (bicyclic) bond motifs is 1. The lowest BCUT2D eigenvalue weighted by atomic mass is 10.1. The van der Waals surface area contributed by atoms with Crippen LogP contribution in [0.3, 0.4) is 0 Å². The summed E-state index contributed by atoms with van der Waals surface area (Å²) in [6, 6.07) is 9.11. The molecule has 2 aromatic rings. The average Bonchev–Trinajstić information content (AvgIpc) is 2.85. The SMILES string of the molecule is O=C(OC(F)(F)F)c1ccccc1S(=O)(=O)ON1C(=O)c2ccccc2C1=O. The quantitative estimate of drug-likeness (QED) is 0.557. The van der Waals surface area contributed by atoms with Crippen molar-refractivity contribution in [3.05, 3.63) is 65.2 Å². The van der Waals surface area contributed by atoms with Gasteiger partial charge in [0, 0.05) is 0 Å². The molecule has 2 amide bonds. The molecule has 0 radical (unpaired) electrons. The summed E-state index contributed by atoms with van der Waals surface area (Å²) in [6.07, 6.45) is -5.35. The highest BCUT2D eigenvalue weighted by Gasteiger charge is 2.41. The van der Waals surface area contributed by atoms with E-state index in [2.05, 4.69) is 9.02 Å². The van der Waals surface area contributed by atoms with Crippen molar-refractivity contribution in [2.24, 2.45) is 0 Å². The predicted molar refractivity (Wildman–Crippen MR) is 83.1 cm³/mol. The van der Waals surface area contributed by atoms with Gasteiger partial charge in [0.1, 0.15) is 4.90 Å². The maximum absolute atomic E-state index is 12.5. The number of hydrogen-bond acceptors (Lipinski definition) is 7. The highest BCUT2D eigenvalue weighted by Crippen LogP contribution is 2.28. The van der Waals surface area contributed by atoms with Crippen LogP contribution in [0.15, 0.2) is 53.4 Å². The Morgan fingerprint density at radius 2 is 1.39 bits per heavy atom. The van der Waals surface area contributed by atoms with Gasteiger partial charge in [-0.05, 0) is 24.3 Å². The molecule has 8 nitrogen and oxygen atoms in total. The standard InChI is InChI=1S/C16H8F3NO7S/c17-16(18,19)26-15(23)11-7-3-4-8-12(11)28(24,25)27-20-13(21)9-5-1-2-6-10(9)14(20)22/h1-8H. The number of alkyl halides is 3. The summed E-state index contributed by atoms with van der Waals surface area (Å²) in [5, 5.41) is -0.0497. The average molecular weight is 415 g/mol. The minimum absolute atomic E-state index is 0.0497. The number of carbonyl (C=O) groups excluding carboxylic acids is 3. The number of hydroxylamine groups is 2. The zero-order valence-corrected chi connectivity index (χ0v) is 14.3. The monoisotopic (exact) mass is 415 g/mol. The number of amides is 2. The highest BCUT2D eigenvalue weighted by molar-refractivity contribution is 7.86. The van der Waals surface area contributed by atoms with E-state index in [-0.39, 0.29) is 16.2 Å². The highest BCUT2D eigenvalue weighted by atomic mass is 32.2. The molecule has 1 heterocycles. The fourth-order valence-corrected chi connectivity index (χ4v) is 3.46. The molecular weight excluding hydrogens is 407 g/mol. The molecule has 0 fully saturated rings. The summed E-state index contributed by atoms with van der Waals surface area (Å²) in [7, 11) is -5.04. The normalized spacial score (nSPS) is 14.2. The smallest absolute Gasteiger partial charge is 0.369 e. The van der Waals surface area contributed by atoms with Crippen LogP contribution in [-0.4, -0.2) is 37.6 Å². The Morgan fingerprint density at radius 3 is 1.93 bits per heavy atom. The second kappa shape index (κ2) is 6.73. The first-order valence-corrected chi connectivity index (χ1v) is 8.73. The van der Waals surface area contributed by atoms with Gasteiger partial charge in [0.2, 0.25) is 0 Å². The lowest BCUT2D eigenvalue weighted by Gasteiger charge is -2.15. The van der Waals surface area contributed by atoms with Crippen molar-refractivity contribution < 1.29 is 45.0 Å². The van der Waals surface area contributed by atoms with Gasteiger partial charge >= 0.3 is 22.4 Å². The Kier molecular flexibility index (Phi) is 4.69. The minimum Gasteiger partial charge on any atom is -0.369 e. The van der Waals surface area contributed by atoms with E-state index in [1.54, 1.807) is 0 Å². The molecule has 0 atom stereocenters. The Hall–Kier alpha value is -3.25. The number of rotatable bonds is 4. The summed E-state index contributed by atoms with van der Waals surface area (Å²) in [4.78, 5) is 35.0. The van der Waals surface area contributed by atoms with E-state index in [0.717, 1.165) is 24.3 Å². The largest absolute Gasteiger partial charge is 0.575 e. The van der Waals surface area contributed by atoms with Crippen LogP contribution in [0, 0.1) is 0 Å². The summed E-state index contributed by atoms with van der Waals surface area (Å²) < 4.78 is 69.5. The molecule has 0 aliphatic carbocycles. The number of hydrogen-bond donors (Lipinski definition) is 0. The van der Waals surface area contributed by atoms with Crippen LogP contribution in [0.5, 0.6) is 0 Å². The third kappa shape index (κ3) is 3.59. The lowest BCUT2D eigenvalue weighted by molar-refractivity contribution is -0.291. The molecule has 3 rings (SSSR count). The molecular formula is C16H8F3NO7S. The molecule has 0 N–H and O–H groups in total. The van der Waals surface area contributed by atoms with Gasteiger partial charge in [-0.1, -0.05) is 24.3 Å². The third-order valence-corrected chi connectivity index (χ3v) is 4.75. The van der Waals surface area contributed by atoms with Crippen molar-refractivity contribution in [2.75, 3.05) is 0 Å². The number of ether oxygens (including phenoxy) is 1. The Labute approximate surface area is 155 Å². The fraction of sp³-hybridized carbons (Fsp3) is 0.0625. The van der Waals surface area contributed by atoms with Crippen LogP contribution in [0.2, 0.25) is 0 Å². The molecule has 2 aromatic carbocycles. The van der Waals surface area contributed by atoms with Gasteiger partial charge in [-0.3, -0.25) is 9.59 Å². The predicted octanol–water partition coefficient (Wildman–Crippen LogP) is 2.28. The minimum atomic E-state index is -5.35. The number of nitrogens with zero attached hydrogens (tertiary/aromatic N) is 1. The van der Waals surface area contributed by atoms with Crippen LogP contribution in [0.25, 0.3) is 0 Å². The van der Waals surface area contributed by atoms with Crippen molar-refractivity contribution in [3.63, 3.8) is 0 Å². The van der Waals surface area contributed by atoms with Crippen molar-refractivity contribution in [1.29, 1.82) is 0 Å². The summed E-state index contributed by atoms with van der Waals surface area (Å²) >= 11 is 0. The van der Waals surface area contributed by atoms with Gasteiger partial charge in [0.05, 0.1) is 16.7 Å². The molecule has 1 aliphatic rings. The lowest BCUT2D eigenvalue weighted by Crippen LogP contribution is -2.33. The molecule has 0 bridgehead atoms. The summed E-state index contributed by atoms with van der Waals surface area (Å²) in [6.45, 7) is 0. The number of halogens is 3. The van der Waals surface area contributed by atoms with Gasteiger partial charge in [0.25, 0.3) is 11.8 Å². The van der Waals surface area contributed by atoms with Crippen molar-refractivity contribution in [2.45, 2.75) is 11.3 Å². The van der Waals surface area contributed by atoms with Gasteiger partial charge < -0.3 is 4.74 Å². The molecule has 0 saturated heterocycles. The molecule has 12 heteroatoms. The van der Waals surface area contributed by atoms with E-state index in [4.69, 9.17) is 0 Å². The number of imide groups is 1. The van der Waals surface area contributed by atoms with Crippen LogP contribution in [0.4, 0.5) is 13.2 Å². The van der Waals surface area contributed by atoms with Gasteiger partial charge in [0.15, 0.2) is 0 Å². The van der Waals surface area contributed by atoms with E-state index < -0.39 is 44.7 Å². The Bertz CT molecular complexity index is 1060. The second-order valence-corrected chi connectivity index (χ2v) is 6.81. The first kappa shape index (κ1) is 19.5. The van der Waals surface area contributed by atoms with Crippen LogP contribution in [-0.2, 0) is 19.1 Å². The van der Waals surface area contributed by atoms with E-state index in [1.807, 2.05) is 0 Å². The van der Waals surface area contributed by atoms with Crippen LogP contribution >= 0.6 is 0 Å². The van der Waals surface area contributed by atoms with Crippen molar-refractivity contribution >= 4 is 27.9 Å². The van der Waals surface area contributed by atoms with Gasteiger partial charge in [-0.2, -0.15) is 8.42 Å². The maximum atomic E-state index is 12.5. The molecule has 0 aromatic heterocycles. The second-order valence-electron chi connectivity index (χ2n) is 5.31. The first-order valence-electron chi connectivity index (χ1n) is 7.33. The fourth-order valence-electron chi connectivity index (χ4n) is 2.39. The first-order chi connectivity index (χ1) is 13.0. The van der Waals surface area contributed by atoms with Crippen molar-refractivity contribution in [3.8, 4) is 0 Å². The van der Waals surface area contributed by atoms with E-state index in [9.17, 15) is 36.0 Å². The Balaban J connectivity index is 1.94. The number of carbonyl (C=O) groups is 3. The van der Waals surface area contributed by atoms with E-state index in [0.29, 0.717) is 0 Å². The van der Waals surface area contributed by atoms with Gasteiger partial charge in [-0.25, -0.2) is 4.79 Å². The molecule has 146 valence electrons. The summed E-state index contributed by atoms with van der Waals surface area (Å²) in [5.74, 6) is -4.17. The molecule has 28 heavy (non-hydrogen) atoms. The number of esters is 1. The molecule has 0 spiro atoms.